The summed E-state index contributed by atoms with van der Waals surface area (Å²) in [6, 6.07) is 9.89. The molecule has 0 aliphatic heterocycles. The Morgan fingerprint density at radius 1 is 1.19 bits per heavy atom. The summed E-state index contributed by atoms with van der Waals surface area (Å²) in [5.74, 6) is -0.354. The molecule has 1 aromatic rings. The molecule has 4 nitrogen and oxygen atoms in total. The van der Waals surface area contributed by atoms with Crippen molar-refractivity contribution in [3.8, 4) is 0 Å². The van der Waals surface area contributed by atoms with Crippen LogP contribution in [0.1, 0.15) is 24.8 Å². The van der Waals surface area contributed by atoms with Crippen LogP contribution in [0.3, 0.4) is 0 Å². The summed E-state index contributed by atoms with van der Waals surface area (Å²) in [5.41, 5.74) is 1.57. The van der Waals surface area contributed by atoms with Gasteiger partial charge in [0.05, 0.1) is 7.11 Å². The van der Waals surface area contributed by atoms with Gasteiger partial charge >= 0.3 is 5.97 Å². The molecule has 0 aromatic heterocycles. The summed E-state index contributed by atoms with van der Waals surface area (Å²) < 4.78 is 4.54. The molecule has 4 heteroatoms. The summed E-state index contributed by atoms with van der Waals surface area (Å²) in [6.45, 7) is 4.02. The monoisotopic (exact) mass is 292 g/mol. The number of hydrogen-bond acceptors (Lipinski definition) is 4. The SMILES string of the molecule is C=C(CC=Cc1ccccc1)C(=O)OC.OCCCCO. The number of unbranched alkanes of at least 4 members (excludes halogenated alkanes) is 1. The Bertz CT molecular complexity index is 420. The number of carbonyl (C=O) groups is 1. The van der Waals surface area contributed by atoms with Crippen molar-refractivity contribution in [1.29, 1.82) is 0 Å². The fourth-order valence-corrected chi connectivity index (χ4v) is 1.35. The highest BCUT2D eigenvalue weighted by molar-refractivity contribution is 5.88. The Kier molecular flexibility index (Phi) is 11.9. The average Bonchev–Trinajstić information content (AvgIpc) is 2.53. The first-order valence-electron chi connectivity index (χ1n) is 6.85. The quantitative estimate of drug-likeness (QED) is 0.460. The van der Waals surface area contributed by atoms with E-state index >= 15 is 0 Å². The van der Waals surface area contributed by atoms with Crippen molar-refractivity contribution in [2.45, 2.75) is 19.3 Å². The van der Waals surface area contributed by atoms with Crippen LogP contribution in [-0.4, -0.2) is 36.5 Å². The lowest BCUT2D eigenvalue weighted by Crippen LogP contribution is -2.02. The standard InChI is InChI=1S/C13H14O2.C4H10O2/c1-11(13(14)15-2)7-6-10-12-8-4-3-5-9-12;5-3-1-2-4-6/h3-6,8-10H,1,7H2,2H3;5-6H,1-4H2. The van der Waals surface area contributed by atoms with Crippen LogP contribution in [0.2, 0.25) is 0 Å². The molecule has 0 aliphatic rings. The Morgan fingerprint density at radius 3 is 2.24 bits per heavy atom. The van der Waals surface area contributed by atoms with E-state index in [0.29, 0.717) is 12.0 Å². The molecule has 0 unspecified atom stereocenters. The van der Waals surface area contributed by atoms with Crippen molar-refractivity contribution >= 4 is 12.0 Å². The van der Waals surface area contributed by atoms with E-state index in [4.69, 9.17) is 10.2 Å². The molecule has 116 valence electrons. The smallest absolute Gasteiger partial charge is 0.333 e. The first-order chi connectivity index (χ1) is 10.2. The predicted molar refractivity (Wildman–Crippen MR) is 84.7 cm³/mol. The van der Waals surface area contributed by atoms with E-state index in [1.807, 2.05) is 42.5 Å². The van der Waals surface area contributed by atoms with Crippen molar-refractivity contribution in [1.82, 2.24) is 0 Å². The molecule has 0 aliphatic carbocycles. The Labute approximate surface area is 126 Å². The number of ether oxygens (including phenoxy) is 1. The van der Waals surface area contributed by atoms with Crippen LogP contribution in [0, 0.1) is 0 Å². The molecule has 0 saturated carbocycles. The van der Waals surface area contributed by atoms with Crippen molar-refractivity contribution in [2.75, 3.05) is 20.3 Å². The summed E-state index contributed by atoms with van der Waals surface area (Å²) in [5, 5.41) is 16.2. The third-order valence-electron chi connectivity index (χ3n) is 2.51. The van der Waals surface area contributed by atoms with Crippen LogP contribution in [0.4, 0.5) is 0 Å². The maximum Gasteiger partial charge on any atom is 0.333 e. The topological polar surface area (TPSA) is 66.8 Å². The summed E-state index contributed by atoms with van der Waals surface area (Å²) in [4.78, 5) is 11.0. The van der Waals surface area contributed by atoms with Crippen LogP contribution >= 0.6 is 0 Å². The maximum atomic E-state index is 11.0. The minimum atomic E-state index is -0.354. The minimum Gasteiger partial charge on any atom is -0.466 e. The molecule has 1 rings (SSSR count). The zero-order valence-corrected chi connectivity index (χ0v) is 12.5. The van der Waals surface area contributed by atoms with Crippen LogP contribution in [0.25, 0.3) is 6.08 Å². The van der Waals surface area contributed by atoms with Gasteiger partial charge in [-0.15, -0.1) is 0 Å². The van der Waals surface area contributed by atoms with E-state index in [1.165, 1.54) is 7.11 Å². The zero-order valence-electron chi connectivity index (χ0n) is 12.5. The van der Waals surface area contributed by atoms with Gasteiger partial charge in [-0.2, -0.15) is 0 Å². The number of carbonyl (C=O) groups excluding carboxylic acids is 1. The second kappa shape index (κ2) is 13.1. The van der Waals surface area contributed by atoms with Gasteiger partial charge in [0, 0.05) is 18.8 Å². The van der Waals surface area contributed by atoms with Gasteiger partial charge in [-0.05, 0) is 24.8 Å². The third kappa shape index (κ3) is 10.5. The van der Waals surface area contributed by atoms with Crippen molar-refractivity contribution in [3.63, 3.8) is 0 Å². The highest BCUT2D eigenvalue weighted by atomic mass is 16.5. The number of benzene rings is 1. The first kappa shape index (κ1) is 19.1. The van der Waals surface area contributed by atoms with Gasteiger partial charge in [-0.25, -0.2) is 4.79 Å². The van der Waals surface area contributed by atoms with E-state index in [2.05, 4.69) is 11.3 Å². The normalized spacial score (nSPS) is 9.86. The first-order valence-corrected chi connectivity index (χ1v) is 6.85. The summed E-state index contributed by atoms with van der Waals surface area (Å²) >= 11 is 0. The fourth-order valence-electron chi connectivity index (χ4n) is 1.35. The van der Waals surface area contributed by atoms with E-state index in [0.717, 1.165) is 18.4 Å². The molecule has 0 heterocycles. The molecule has 0 spiro atoms. The number of methoxy groups -OCH3 is 1. The van der Waals surface area contributed by atoms with Gasteiger partial charge in [0.2, 0.25) is 0 Å². The Hall–Kier alpha value is -1.91. The van der Waals surface area contributed by atoms with Crippen molar-refractivity contribution in [3.05, 3.63) is 54.1 Å². The van der Waals surface area contributed by atoms with Gasteiger partial charge in [0.25, 0.3) is 0 Å². The average molecular weight is 292 g/mol. The summed E-state index contributed by atoms with van der Waals surface area (Å²) in [6.07, 6.45) is 5.80. The van der Waals surface area contributed by atoms with Gasteiger partial charge < -0.3 is 14.9 Å². The van der Waals surface area contributed by atoms with Crippen molar-refractivity contribution in [2.24, 2.45) is 0 Å². The second-order valence-corrected chi connectivity index (χ2v) is 4.27. The number of esters is 1. The van der Waals surface area contributed by atoms with Crippen LogP contribution in [0.5, 0.6) is 0 Å². The maximum absolute atomic E-state index is 11.0. The van der Waals surface area contributed by atoms with Crippen LogP contribution < -0.4 is 0 Å². The van der Waals surface area contributed by atoms with E-state index in [1.54, 1.807) is 0 Å². The minimum absolute atomic E-state index is 0.195. The molecular weight excluding hydrogens is 268 g/mol. The van der Waals surface area contributed by atoms with Crippen LogP contribution in [-0.2, 0) is 9.53 Å². The lowest BCUT2D eigenvalue weighted by Gasteiger charge is -1.98. The van der Waals surface area contributed by atoms with Gasteiger partial charge in [-0.3, -0.25) is 0 Å². The largest absolute Gasteiger partial charge is 0.466 e. The predicted octanol–water partition coefficient (Wildman–Crippen LogP) is 2.57. The molecule has 0 fully saturated rings. The van der Waals surface area contributed by atoms with Crippen LogP contribution in [0.15, 0.2) is 48.6 Å². The van der Waals surface area contributed by atoms with Gasteiger partial charge in [0.15, 0.2) is 0 Å². The number of allylic oxidation sites excluding steroid dienone is 1. The molecule has 0 radical (unpaired) electrons. The highest BCUT2D eigenvalue weighted by Gasteiger charge is 2.02. The Balaban J connectivity index is 0.000000567. The van der Waals surface area contributed by atoms with Gasteiger partial charge in [0.1, 0.15) is 0 Å². The number of hydrogen-bond donors (Lipinski definition) is 2. The molecule has 0 amide bonds. The van der Waals surface area contributed by atoms with E-state index < -0.39 is 0 Å². The number of aliphatic hydroxyl groups excluding tert-OH is 2. The zero-order chi connectivity index (χ0) is 15.9. The molecule has 0 atom stereocenters. The molecule has 21 heavy (non-hydrogen) atoms. The molecule has 1 aromatic carbocycles. The number of aliphatic hydroxyl groups is 2. The molecule has 2 N–H and O–H groups in total. The molecule has 0 bridgehead atoms. The second-order valence-electron chi connectivity index (χ2n) is 4.27. The molecule has 0 saturated heterocycles. The number of rotatable bonds is 7. The Morgan fingerprint density at radius 2 is 1.76 bits per heavy atom. The highest BCUT2D eigenvalue weighted by Crippen LogP contribution is 2.06. The lowest BCUT2D eigenvalue weighted by atomic mass is 10.1. The van der Waals surface area contributed by atoms with E-state index in [9.17, 15) is 4.79 Å². The van der Waals surface area contributed by atoms with E-state index in [-0.39, 0.29) is 19.2 Å². The lowest BCUT2D eigenvalue weighted by molar-refractivity contribution is -0.136. The van der Waals surface area contributed by atoms with Gasteiger partial charge in [-0.1, -0.05) is 49.1 Å². The fraction of sp³-hybridized carbons (Fsp3) is 0.353. The molecular formula is C17H24O4. The summed E-state index contributed by atoms with van der Waals surface area (Å²) in [7, 11) is 1.36. The van der Waals surface area contributed by atoms with Crippen molar-refractivity contribution < 1.29 is 19.7 Å². The third-order valence-corrected chi connectivity index (χ3v) is 2.51.